The molecule has 0 unspecified atom stereocenters. The molecule has 92 valence electrons. The summed E-state index contributed by atoms with van der Waals surface area (Å²) in [5.74, 6) is 0. The number of hydrogen-bond acceptors (Lipinski definition) is 3. The molecule has 0 spiro atoms. The Morgan fingerprint density at radius 2 is 1.93 bits per heavy atom. The first kappa shape index (κ1) is 15.1. The van der Waals surface area contributed by atoms with E-state index in [9.17, 15) is 0 Å². The summed E-state index contributed by atoms with van der Waals surface area (Å²) < 4.78 is 5.61. The third kappa shape index (κ3) is 14.1. The Labute approximate surface area is 97.1 Å². The maximum atomic E-state index is 5.61. The first-order valence-electron chi connectivity index (χ1n) is 6.40. The van der Waals surface area contributed by atoms with Crippen molar-refractivity contribution in [2.24, 2.45) is 5.73 Å². The average molecular weight is 232 g/mol. The molecule has 0 amide bonds. The molecule has 0 rings (SSSR count). The first-order valence-corrected chi connectivity index (χ1v) is 7.98. The Kier molecular flexibility index (Phi) is 14.2. The van der Waals surface area contributed by atoms with E-state index in [1.54, 1.807) is 0 Å². The molecule has 0 aromatic heterocycles. The van der Waals surface area contributed by atoms with Gasteiger partial charge in [-0.3, -0.25) is 0 Å². The van der Waals surface area contributed by atoms with Gasteiger partial charge in [0.25, 0.3) is 0 Å². The largest absolute Gasteiger partial charge is 0.424 e. The zero-order valence-electron chi connectivity index (χ0n) is 10.3. The SMILES string of the molecule is CCCCO[SiH2]CCCNCCCCN. The van der Waals surface area contributed by atoms with Crippen molar-refractivity contribution in [3.8, 4) is 0 Å². The molecule has 3 N–H and O–H groups in total. The molecule has 3 nitrogen and oxygen atoms in total. The highest BCUT2D eigenvalue weighted by atomic mass is 28.2. The van der Waals surface area contributed by atoms with E-state index in [4.69, 9.17) is 10.2 Å². The highest BCUT2D eigenvalue weighted by Crippen LogP contribution is 1.91. The third-order valence-electron chi connectivity index (χ3n) is 2.34. The monoisotopic (exact) mass is 232 g/mol. The summed E-state index contributed by atoms with van der Waals surface area (Å²) in [5, 5.41) is 3.43. The van der Waals surface area contributed by atoms with Crippen molar-refractivity contribution < 1.29 is 4.43 Å². The molecule has 0 aliphatic carbocycles. The molecule has 0 aromatic carbocycles. The predicted octanol–water partition coefficient (Wildman–Crippen LogP) is 1.02. The van der Waals surface area contributed by atoms with E-state index in [1.807, 2.05) is 0 Å². The van der Waals surface area contributed by atoms with Gasteiger partial charge in [-0.2, -0.15) is 0 Å². The van der Waals surface area contributed by atoms with Gasteiger partial charge in [0, 0.05) is 6.61 Å². The van der Waals surface area contributed by atoms with Crippen LogP contribution in [-0.2, 0) is 4.43 Å². The molecule has 0 radical (unpaired) electrons. The summed E-state index contributed by atoms with van der Waals surface area (Å²) in [6, 6.07) is 1.31. The minimum absolute atomic E-state index is 0.213. The second kappa shape index (κ2) is 14.1. The van der Waals surface area contributed by atoms with Crippen LogP contribution in [0, 0.1) is 0 Å². The molecular formula is C11H28N2OSi. The van der Waals surface area contributed by atoms with Gasteiger partial charge in [-0.1, -0.05) is 13.3 Å². The summed E-state index contributed by atoms with van der Waals surface area (Å²) >= 11 is 0. The number of unbranched alkanes of at least 4 members (excludes halogenated alkanes) is 2. The van der Waals surface area contributed by atoms with Crippen molar-refractivity contribution in [2.45, 2.75) is 45.1 Å². The summed E-state index contributed by atoms with van der Waals surface area (Å²) in [4.78, 5) is 0. The van der Waals surface area contributed by atoms with Crippen LogP contribution in [0.25, 0.3) is 0 Å². The van der Waals surface area contributed by atoms with Crippen molar-refractivity contribution in [3.63, 3.8) is 0 Å². The average Bonchev–Trinajstić information content (AvgIpc) is 2.26. The fourth-order valence-corrected chi connectivity index (χ4v) is 2.39. The van der Waals surface area contributed by atoms with Crippen molar-refractivity contribution in [2.75, 3.05) is 26.2 Å². The maximum absolute atomic E-state index is 5.61. The zero-order valence-corrected chi connectivity index (χ0v) is 11.7. The zero-order chi connectivity index (χ0) is 11.2. The Bertz CT molecular complexity index is 103. The molecule has 0 aliphatic heterocycles. The van der Waals surface area contributed by atoms with E-state index in [-0.39, 0.29) is 9.76 Å². The van der Waals surface area contributed by atoms with Gasteiger partial charge in [-0.15, -0.1) is 0 Å². The lowest BCUT2D eigenvalue weighted by Gasteiger charge is -2.04. The second-order valence-electron chi connectivity index (χ2n) is 3.92. The molecule has 0 saturated heterocycles. The van der Waals surface area contributed by atoms with Crippen LogP contribution in [0.4, 0.5) is 0 Å². The van der Waals surface area contributed by atoms with Crippen LogP contribution in [0.5, 0.6) is 0 Å². The molecule has 0 fully saturated rings. The lowest BCUT2D eigenvalue weighted by molar-refractivity contribution is 0.325. The number of nitrogens with two attached hydrogens (primary N) is 1. The molecule has 0 aliphatic rings. The molecule has 0 aromatic rings. The molecule has 0 saturated carbocycles. The normalized spacial score (nSPS) is 11.6. The Hall–Kier alpha value is 0.0969. The van der Waals surface area contributed by atoms with Gasteiger partial charge in [-0.05, 0) is 51.4 Å². The Morgan fingerprint density at radius 1 is 1.13 bits per heavy atom. The molecule has 0 heterocycles. The molecule has 15 heavy (non-hydrogen) atoms. The number of nitrogens with one attached hydrogen (secondary N) is 1. The van der Waals surface area contributed by atoms with E-state index in [0.717, 1.165) is 32.7 Å². The highest BCUT2D eigenvalue weighted by molar-refractivity contribution is 6.26. The van der Waals surface area contributed by atoms with E-state index >= 15 is 0 Å². The quantitative estimate of drug-likeness (QED) is 0.390. The lowest BCUT2D eigenvalue weighted by atomic mass is 10.3. The fraction of sp³-hybridized carbons (Fsp3) is 1.00. The second-order valence-corrected chi connectivity index (χ2v) is 5.44. The van der Waals surface area contributed by atoms with Crippen LogP contribution in [0.2, 0.25) is 6.04 Å². The van der Waals surface area contributed by atoms with Crippen molar-refractivity contribution in [1.82, 2.24) is 5.32 Å². The van der Waals surface area contributed by atoms with Gasteiger partial charge in [0.1, 0.15) is 0 Å². The Balaban J connectivity index is 2.81. The van der Waals surface area contributed by atoms with Crippen LogP contribution in [0.15, 0.2) is 0 Å². The van der Waals surface area contributed by atoms with Crippen LogP contribution in [0.3, 0.4) is 0 Å². The van der Waals surface area contributed by atoms with Crippen LogP contribution < -0.4 is 11.1 Å². The van der Waals surface area contributed by atoms with E-state index in [2.05, 4.69) is 12.2 Å². The molecular weight excluding hydrogens is 204 g/mol. The van der Waals surface area contributed by atoms with Gasteiger partial charge in [0.15, 0.2) is 9.76 Å². The van der Waals surface area contributed by atoms with Gasteiger partial charge in [-0.25, -0.2) is 0 Å². The number of hydrogen-bond donors (Lipinski definition) is 2. The summed E-state index contributed by atoms with van der Waals surface area (Å²) in [6.45, 7) is 6.28. The first-order chi connectivity index (χ1) is 7.41. The third-order valence-corrected chi connectivity index (χ3v) is 3.71. The topological polar surface area (TPSA) is 47.3 Å². The van der Waals surface area contributed by atoms with E-state index < -0.39 is 0 Å². The van der Waals surface area contributed by atoms with Crippen molar-refractivity contribution in [3.05, 3.63) is 0 Å². The van der Waals surface area contributed by atoms with Crippen LogP contribution >= 0.6 is 0 Å². The smallest absolute Gasteiger partial charge is 0.161 e. The van der Waals surface area contributed by atoms with Gasteiger partial charge in [0.2, 0.25) is 0 Å². The van der Waals surface area contributed by atoms with Gasteiger partial charge in [0.05, 0.1) is 0 Å². The summed E-state index contributed by atoms with van der Waals surface area (Å²) in [6.07, 6.45) is 6.10. The van der Waals surface area contributed by atoms with Crippen molar-refractivity contribution in [1.29, 1.82) is 0 Å². The highest BCUT2D eigenvalue weighted by Gasteiger charge is 1.91. The minimum Gasteiger partial charge on any atom is -0.424 e. The number of rotatable bonds is 12. The minimum atomic E-state index is -0.213. The maximum Gasteiger partial charge on any atom is 0.161 e. The van der Waals surface area contributed by atoms with Gasteiger partial charge < -0.3 is 15.5 Å². The summed E-state index contributed by atoms with van der Waals surface area (Å²) in [5.41, 5.74) is 5.41. The molecule has 0 atom stereocenters. The molecule has 4 heteroatoms. The predicted molar refractivity (Wildman–Crippen MR) is 70.0 cm³/mol. The standard InChI is InChI=1S/C11H28N2OSi/c1-2-3-10-14-15-11-6-9-13-8-5-4-7-12/h13H,2-12,15H2,1H3. The Morgan fingerprint density at radius 3 is 2.67 bits per heavy atom. The van der Waals surface area contributed by atoms with Crippen molar-refractivity contribution >= 4 is 9.76 Å². The molecule has 0 bridgehead atoms. The van der Waals surface area contributed by atoms with Crippen LogP contribution in [-0.4, -0.2) is 36.0 Å². The lowest BCUT2D eigenvalue weighted by Crippen LogP contribution is -2.18. The van der Waals surface area contributed by atoms with Crippen LogP contribution in [0.1, 0.15) is 39.0 Å². The van der Waals surface area contributed by atoms with Gasteiger partial charge >= 0.3 is 0 Å². The van der Waals surface area contributed by atoms with E-state index in [0.29, 0.717) is 0 Å². The summed E-state index contributed by atoms with van der Waals surface area (Å²) in [7, 11) is -0.213. The fourth-order valence-electron chi connectivity index (χ4n) is 1.32. The van der Waals surface area contributed by atoms with E-state index in [1.165, 1.54) is 31.7 Å².